The number of hydrogen-bond donors (Lipinski definition) is 2. The molecular weight excluding hydrogens is 530 g/mol. The number of anilines is 1. The molecule has 39 heavy (non-hydrogen) atoms. The summed E-state index contributed by atoms with van der Waals surface area (Å²) in [5.41, 5.74) is -0.633. The van der Waals surface area contributed by atoms with Crippen LogP contribution in [0.5, 0.6) is 5.75 Å². The van der Waals surface area contributed by atoms with Gasteiger partial charge in [-0.3, -0.25) is 14.3 Å². The highest BCUT2D eigenvalue weighted by molar-refractivity contribution is 6.30. The van der Waals surface area contributed by atoms with E-state index < -0.39 is 23.5 Å². The molecule has 212 valence electrons. The number of nitrogens with one attached hydrogen (secondary N) is 1. The Kier molecular flexibility index (Phi) is 7.39. The van der Waals surface area contributed by atoms with E-state index in [1.165, 1.54) is 24.6 Å². The number of likely N-dealkylation sites (tertiary alicyclic amines) is 1. The van der Waals surface area contributed by atoms with E-state index in [4.69, 9.17) is 11.6 Å². The Morgan fingerprint density at radius 2 is 1.85 bits per heavy atom. The third-order valence-corrected chi connectivity index (χ3v) is 9.24. The van der Waals surface area contributed by atoms with Crippen LogP contribution in [0.15, 0.2) is 30.5 Å². The summed E-state index contributed by atoms with van der Waals surface area (Å²) in [6.07, 6.45) is 7.29. The lowest BCUT2D eigenvalue weighted by molar-refractivity contribution is -0.179. The highest BCUT2D eigenvalue weighted by Gasteiger charge is 2.61. The van der Waals surface area contributed by atoms with E-state index in [-0.39, 0.29) is 33.7 Å². The van der Waals surface area contributed by atoms with E-state index in [1.54, 1.807) is 10.9 Å². The number of carbonyl (C=O) groups is 2. The molecular formula is C28H35ClF2N4O4. The summed E-state index contributed by atoms with van der Waals surface area (Å²) >= 11 is 5.99. The summed E-state index contributed by atoms with van der Waals surface area (Å²) in [7, 11) is 0. The molecule has 2 aliphatic carbocycles. The SMILES string of the molecule is CC(C)c1ccnn1C1(C(=O)Nc2ccc(Cl)cc2OC(F)F)CCN(CC2(C(=O)O)CC3(CCC3)C2)CC1. The number of carbonyl (C=O) groups excluding carboxylic acids is 1. The average Bonchev–Trinajstić information content (AvgIpc) is 3.32. The normalized spacial score (nSPS) is 21.4. The monoisotopic (exact) mass is 564 g/mol. The molecule has 1 aromatic heterocycles. The third kappa shape index (κ3) is 5.13. The largest absolute Gasteiger partial charge is 0.481 e. The van der Waals surface area contributed by atoms with Crippen molar-refractivity contribution in [1.82, 2.24) is 14.7 Å². The van der Waals surface area contributed by atoms with Crippen LogP contribution in [0.25, 0.3) is 0 Å². The molecule has 2 N–H and O–H groups in total. The molecule has 1 amide bonds. The Morgan fingerprint density at radius 1 is 1.15 bits per heavy atom. The van der Waals surface area contributed by atoms with Gasteiger partial charge in [-0.15, -0.1) is 0 Å². The number of carboxylic acid groups (broad SMARTS) is 1. The molecule has 3 aliphatic rings. The number of nitrogens with zero attached hydrogens (tertiary/aromatic N) is 3. The summed E-state index contributed by atoms with van der Waals surface area (Å²) in [6.45, 7) is 2.43. The fourth-order valence-corrected chi connectivity index (χ4v) is 7.09. The smallest absolute Gasteiger partial charge is 0.387 e. The van der Waals surface area contributed by atoms with Crippen molar-refractivity contribution >= 4 is 29.2 Å². The Labute approximate surface area is 231 Å². The maximum absolute atomic E-state index is 14.0. The molecule has 8 nitrogen and oxygen atoms in total. The molecule has 3 fully saturated rings. The zero-order valence-corrected chi connectivity index (χ0v) is 23.0. The van der Waals surface area contributed by atoms with Gasteiger partial charge < -0.3 is 20.1 Å². The quantitative estimate of drug-likeness (QED) is 0.404. The Balaban J connectivity index is 1.39. The fourth-order valence-electron chi connectivity index (χ4n) is 6.93. The van der Waals surface area contributed by atoms with Gasteiger partial charge in [0.25, 0.3) is 5.91 Å². The van der Waals surface area contributed by atoms with Gasteiger partial charge in [0, 0.05) is 42.6 Å². The Bertz CT molecular complexity index is 1230. The number of piperidine rings is 1. The number of carboxylic acids is 1. The number of alkyl halides is 2. The molecule has 1 aliphatic heterocycles. The Morgan fingerprint density at radius 3 is 2.41 bits per heavy atom. The van der Waals surface area contributed by atoms with Crippen molar-refractivity contribution in [2.45, 2.75) is 76.9 Å². The van der Waals surface area contributed by atoms with Crippen LogP contribution in [0.4, 0.5) is 14.5 Å². The average molecular weight is 565 g/mol. The number of hydrogen-bond acceptors (Lipinski definition) is 5. The standard InChI is InChI=1S/C28H35ClF2N4O4/c1-18(2)21-6-11-32-35(21)28(23(36)33-20-5-4-19(29)14-22(20)39-25(30)31)9-12-34(13-10-28)17-27(24(37)38)15-26(16-27)7-3-8-26/h4-6,11,14,18,25H,3,7-10,12-13,15-17H2,1-2H3,(H,33,36)(H,37,38). The van der Waals surface area contributed by atoms with Crippen LogP contribution in [-0.2, 0) is 15.1 Å². The molecule has 0 unspecified atom stereocenters. The zero-order valence-electron chi connectivity index (χ0n) is 22.3. The van der Waals surface area contributed by atoms with E-state index in [1.807, 2.05) is 19.9 Å². The van der Waals surface area contributed by atoms with Gasteiger partial charge in [0.15, 0.2) is 5.75 Å². The van der Waals surface area contributed by atoms with Gasteiger partial charge in [-0.05, 0) is 68.1 Å². The second-order valence-electron chi connectivity index (χ2n) is 11.9. The molecule has 11 heteroatoms. The molecule has 1 aromatic carbocycles. The number of rotatable bonds is 9. The van der Waals surface area contributed by atoms with E-state index in [9.17, 15) is 23.5 Å². The van der Waals surface area contributed by atoms with Crippen molar-refractivity contribution in [2.24, 2.45) is 10.8 Å². The van der Waals surface area contributed by atoms with Crippen LogP contribution in [0, 0.1) is 10.8 Å². The molecule has 2 heterocycles. The fraction of sp³-hybridized carbons (Fsp3) is 0.607. The molecule has 0 atom stereocenters. The highest BCUT2D eigenvalue weighted by atomic mass is 35.5. The molecule has 0 radical (unpaired) electrons. The van der Waals surface area contributed by atoms with Gasteiger partial charge >= 0.3 is 12.6 Å². The lowest BCUT2D eigenvalue weighted by atomic mass is 9.45. The zero-order chi connectivity index (χ0) is 28.0. The van der Waals surface area contributed by atoms with Crippen molar-refractivity contribution in [3.8, 4) is 5.75 Å². The van der Waals surface area contributed by atoms with Crippen LogP contribution in [-0.4, -0.2) is 57.9 Å². The van der Waals surface area contributed by atoms with Crippen molar-refractivity contribution < 1.29 is 28.2 Å². The predicted octanol–water partition coefficient (Wildman–Crippen LogP) is 5.73. The summed E-state index contributed by atoms with van der Waals surface area (Å²) in [6, 6.07) is 6.06. The van der Waals surface area contributed by atoms with Gasteiger partial charge in [-0.2, -0.15) is 13.9 Å². The molecule has 1 saturated heterocycles. The number of amides is 1. The lowest BCUT2D eigenvalue weighted by Gasteiger charge is -2.60. The van der Waals surface area contributed by atoms with Crippen LogP contribution in [0.2, 0.25) is 5.02 Å². The minimum absolute atomic E-state index is 0.0902. The molecule has 1 spiro atoms. The van der Waals surface area contributed by atoms with Gasteiger partial charge in [0.1, 0.15) is 5.54 Å². The van der Waals surface area contributed by atoms with Crippen molar-refractivity contribution in [3.05, 3.63) is 41.2 Å². The van der Waals surface area contributed by atoms with E-state index >= 15 is 0 Å². The summed E-state index contributed by atoms with van der Waals surface area (Å²) in [5.74, 6) is -1.26. The summed E-state index contributed by atoms with van der Waals surface area (Å²) in [4.78, 5) is 28.5. The number of benzene rings is 1. The number of ether oxygens (including phenoxy) is 1. The highest BCUT2D eigenvalue weighted by Crippen LogP contribution is 2.64. The second kappa shape index (κ2) is 10.4. The van der Waals surface area contributed by atoms with Crippen LogP contribution in [0.3, 0.4) is 0 Å². The van der Waals surface area contributed by atoms with Crippen LogP contribution < -0.4 is 10.1 Å². The maximum atomic E-state index is 14.0. The lowest BCUT2D eigenvalue weighted by Crippen LogP contribution is -2.61. The van der Waals surface area contributed by atoms with E-state index in [0.717, 1.165) is 31.4 Å². The molecule has 2 saturated carbocycles. The first-order valence-electron chi connectivity index (χ1n) is 13.5. The molecule has 2 aromatic rings. The minimum Gasteiger partial charge on any atom is -0.481 e. The molecule has 5 rings (SSSR count). The van der Waals surface area contributed by atoms with Crippen molar-refractivity contribution in [3.63, 3.8) is 0 Å². The first-order valence-corrected chi connectivity index (χ1v) is 13.9. The summed E-state index contributed by atoms with van der Waals surface area (Å²) in [5, 5.41) is 17.7. The number of aromatic nitrogens is 2. The van der Waals surface area contributed by atoms with Gasteiger partial charge in [-0.25, -0.2) is 0 Å². The predicted molar refractivity (Wildman–Crippen MR) is 142 cm³/mol. The number of aliphatic carboxylic acids is 1. The van der Waals surface area contributed by atoms with Crippen LogP contribution >= 0.6 is 11.6 Å². The number of halogens is 3. The first kappa shape index (κ1) is 27.8. The first-order chi connectivity index (χ1) is 18.5. The minimum atomic E-state index is -3.08. The van der Waals surface area contributed by atoms with Gasteiger partial charge in [0.2, 0.25) is 0 Å². The van der Waals surface area contributed by atoms with E-state index in [2.05, 4.69) is 20.1 Å². The Hall–Kier alpha value is -2.72. The van der Waals surface area contributed by atoms with Gasteiger partial charge in [0.05, 0.1) is 11.1 Å². The summed E-state index contributed by atoms with van der Waals surface area (Å²) < 4.78 is 32.5. The topological polar surface area (TPSA) is 96.7 Å². The van der Waals surface area contributed by atoms with Crippen molar-refractivity contribution in [1.29, 1.82) is 0 Å². The third-order valence-electron chi connectivity index (χ3n) is 9.00. The van der Waals surface area contributed by atoms with Crippen molar-refractivity contribution in [2.75, 3.05) is 25.0 Å². The van der Waals surface area contributed by atoms with Gasteiger partial charge in [-0.1, -0.05) is 31.9 Å². The second-order valence-corrected chi connectivity index (χ2v) is 12.3. The maximum Gasteiger partial charge on any atom is 0.387 e. The van der Waals surface area contributed by atoms with Crippen LogP contribution in [0.1, 0.15) is 70.4 Å². The van der Waals surface area contributed by atoms with E-state index in [0.29, 0.717) is 32.5 Å². The molecule has 0 bridgehead atoms.